The minimum atomic E-state index is -0.251. The zero-order valence-electron chi connectivity index (χ0n) is 30.1. The number of hydrogen-bond donors (Lipinski definition) is 0. The van der Waals surface area contributed by atoms with Crippen LogP contribution in [-0.4, -0.2) is 6.71 Å². The van der Waals surface area contributed by atoms with Gasteiger partial charge in [0.25, 0.3) is 0 Å². The predicted octanol–water partition coefficient (Wildman–Crippen LogP) is 10.5. The maximum absolute atomic E-state index is 7.04. The molecule has 0 saturated carbocycles. The summed E-state index contributed by atoms with van der Waals surface area (Å²) in [7, 11) is 0. The Bertz CT molecular complexity index is 2560. The van der Waals surface area contributed by atoms with Crippen molar-refractivity contribution in [2.75, 3.05) is 9.80 Å². The predicted molar refractivity (Wildman–Crippen MR) is 210 cm³/mol. The van der Waals surface area contributed by atoms with Crippen molar-refractivity contribution in [2.45, 2.75) is 71.6 Å². The Hall–Kier alpha value is -5.16. The lowest BCUT2D eigenvalue weighted by Crippen LogP contribution is -2.61. The lowest BCUT2D eigenvalue weighted by atomic mass is 9.35. The Labute approximate surface area is 294 Å². The van der Waals surface area contributed by atoms with E-state index in [2.05, 4.69) is 168 Å². The average Bonchev–Trinajstić information content (AvgIpc) is 3.66. The maximum Gasteiger partial charge on any atom is 0.302 e. The summed E-state index contributed by atoms with van der Waals surface area (Å²) in [5.74, 6) is 0.886. The summed E-state index contributed by atoms with van der Waals surface area (Å²) >= 11 is 0. The highest BCUT2D eigenvalue weighted by Gasteiger charge is 2.53. The third kappa shape index (κ3) is 3.78. The highest BCUT2D eigenvalue weighted by atomic mass is 16.4. The molecule has 4 nitrogen and oxygen atoms in total. The van der Waals surface area contributed by atoms with Crippen LogP contribution in [0.1, 0.15) is 77.6 Å². The van der Waals surface area contributed by atoms with Crippen molar-refractivity contribution in [1.29, 1.82) is 0 Å². The first-order valence-corrected chi connectivity index (χ1v) is 17.9. The fourth-order valence-corrected chi connectivity index (χ4v) is 8.88. The van der Waals surface area contributed by atoms with E-state index >= 15 is 0 Å². The molecule has 0 radical (unpaired) electrons. The molecule has 5 heterocycles. The van der Waals surface area contributed by atoms with Crippen molar-refractivity contribution >= 4 is 79.6 Å². The fourth-order valence-electron chi connectivity index (χ4n) is 8.88. The first-order chi connectivity index (χ1) is 23.8. The molecular weight excluding hydrogens is 611 g/mol. The molecule has 3 aliphatic heterocycles. The average molecular weight is 653 g/mol. The van der Waals surface area contributed by atoms with Gasteiger partial charge in [0.05, 0.1) is 22.7 Å². The standard InChI is InChI=1S/C45H41BN2O2/c1-43(2,3)26-17-20-28(21-18-26)47-34-24-22-31-40-38(34)46(41-39(47)30-14-10-12-16-36(30)49-41)37-29-13-9-11-15-35(29)50-42(37)48(40)33-23-19-27(44(4,5)6)25-32(33)45(31,7)8/h9-25H,1-8H3. The van der Waals surface area contributed by atoms with Gasteiger partial charge < -0.3 is 13.7 Å². The molecule has 0 spiro atoms. The smallest absolute Gasteiger partial charge is 0.302 e. The van der Waals surface area contributed by atoms with Crippen LogP contribution in [0, 0.1) is 0 Å². The number of nitrogens with zero attached hydrogens (tertiary/aromatic N) is 2. The second kappa shape index (κ2) is 9.54. The van der Waals surface area contributed by atoms with Crippen molar-refractivity contribution < 1.29 is 8.83 Å². The van der Waals surface area contributed by atoms with Crippen LogP contribution >= 0.6 is 0 Å². The molecule has 3 aliphatic rings. The van der Waals surface area contributed by atoms with Crippen molar-refractivity contribution in [3.63, 3.8) is 0 Å². The van der Waals surface area contributed by atoms with Crippen molar-refractivity contribution in [1.82, 2.24) is 0 Å². The quantitative estimate of drug-likeness (QED) is 0.165. The van der Waals surface area contributed by atoms with Crippen LogP contribution in [0.15, 0.2) is 112 Å². The summed E-state index contributed by atoms with van der Waals surface area (Å²) in [4.78, 5) is 4.89. The number of anilines is 6. The molecule has 5 aromatic carbocycles. The maximum atomic E-state index is 7.04. The van der Waals surface area contributed by atoms with Crippen LogP contribution in [-0.2, 0) is 16.2 Å². The highest BCUT2D eigenvalue weighted by Crippen LogP contribution is 2.56. The SMILES string of the molecule is CC(C)(C)c1ccc(N2c3ccc4c5c3B(c3oc6ccccc6c32)c2c(oc3ccccc23)N5c2ccc(C(C)(C)C)cc2C4(C)C)cc1. The van der Waals surface area contributed by atoms with Crippen molar-refractivity contribution in [3.8, 4) is 0 Å². The zero-order valence-corrected chi connectivity index (χ0v) is 30.1. The van der Waals surface area contributed by atoms with E-state index in [1.807, 2.05) is 0 Å². The third-order valence-electron chi connectivity index (χ3n) is 11.6. The summed E-state index contributed by atoms with van der Waals surface area (Å²) in [5, 5.41) is 2.24. The molecule has 5 heteroatoms. The number of fused-ring (bicyclic) bond motifs is 11. The normalized spacial score (nSPS) is 15.6. The highest BCUT2D eigenvalue weighted by molar-refractivity contribution is 7.01. The number of hydrogen-bond acceptors (Lipinski definition) is 4. The number of furan rings is 2. The van der Waals surface area contributed by atoms with E-state index in [0.717, 1.165) is 44.9 Å². The molecule has 0 aliphatic carbocycles. The minimum absolute atomic E-state index is 0.0273. The first kappa shape index (κ1) is 29.7. The lowest BCUT2D eigenvalue weighted by Gasteiger charge is -2.48. The Morgan fingerprint density at radius 3 is 1.88 bits per heavy atom. The van der Waals surface area contributed by atoms with Gasteiger partial charge in [-0.15, -0.1) is 0 Å². The lowest BCUT2D eigenvalue weighted by molar-refractivity contribution is 0.577. The second-order valence-electron chi connectivity index (χ2n) is 17.0. The van der Waals surface area contributed by atoms with E-state index in [-0.39, 0.29) is 23.0 Å². The molecule has 0 saturated heterocycles. The molecule has 50 heavy (non-hydrogen) atoms. The molecule has 0 fully saturated rings. The monoisotopic (exact) mass is 652 g/mol. The van der Waals surface area contributed by atoms with Gasteiger partial charge in [-0.2, -0.15) is 0 Å². The first-order valence-electron chi connectivity index (χ1n) is 17.9. The molecule has 2 aromatic heterocycles. The van der Waals surface area contributed by atoms with Crippen LogP contribution in [0.4, 0.5) is 34.3 Å². The van der Waals surface area contributed by atoms with Gasteiger partial charge in [0.2, 0.25) is 5.88 Å². The minimum Gasteiger partial charge on any atom is -0.468 e. The summed E-state index contributed by atoms with van der Waals surface area (Å²) in [5.41, 5.74) is 16.1. The van der Waals surface area contributed by atoms with E-state index < -0.39 is 0 Å². The van der Waals surface area contributed by atoms with Gasteiger partial charge in [-0.25, -0.2) is 0 Å². The summed E-state index contributed by atoms with van der Waals surface area (Å²) < 4.78 is 14.0. The number of para-hydroxylation sites is 2. The number of benzene rings is 5. The fraction of sp³-hybridized carbons (Fsp3) is 0.244. The topological polar surface area (TPSA) is 32.8 Å². The molecule has 10 rings (SSSR count). The van der Waals surface area contributed by atoms with Crippen LogP contribution in [0.25, 0.3) is 21.9 Å². The zero-order chi connectivity index (χ0) is 34.5. The van der Waals surface area contributed by atoms with Crippen LogP contribution in [0.3, 0.4) is 0 Å². The molecular formula is C45H41BN2O2. The molecule has 0 N–H and O–H groups in total. The Kier molecular flexibility index (Phi) is 5.67. The van der Waals surface area contributed by atoms with Gasteiger partial charge in [0, 0.05) is 33.0 Å². The third-order valence-corrected chi connectivity index (χ3v) is 11.6. The van der Waals surface area contributed by atoms with Crippen molar-refractivity contribution in [3.05, 3.63) is 125 Å². The van der Waals surface area contributed by atoms with Crippen LogP contribution in [0.5, 0.6) is 0 Å². The van der Waals surface area contributed by atoms with E-state index in [0.29, 0.717) is 0 Å². The van der Waals surface area contributed by atoms with E-state index in [1.165, 1.54) is 50.2 Å². The van der Waals surface area contributed by atoms with E-state index in [4.69, 9.17) is 8.83 Å². The van der Waals surface area contributed by atoms with Gasteiger partial charge in [-0.1, -0.05) is 116 Å². The largest absolute Gasteiger partial charge is 0.468 e. The summed E-state index contributed by atoms with van der Waals surface area (Å²) in [6, 6.07) is 38.0. The summed E-state index contributed by atoms with van der Waals surface area (Å²) in [6.07, 6.45) is 0. The van der Waals surface area contributed by atoms with Crippen LogP contribution < -0.4 is 26.4 Å². The Morgan fingerprint density at radius 1 is 0.560 bits per heavy atom. The Balaban J connectivity index is 1.34. The van der Waals surface area contributed by atoms with Gasteiger partial charge >= 0.3 is 6.71 Å². The van der Waals surface area contributed by atoms with Crippen LogP contribution in [0.2, 0.25) is 0 Å². The molecule has 0 amide bonds. The summed E-state index contributed by atoms with van der Waals surface area (Å²) in [6.45, 7) is 18.3. The molecule has 0 atom stereocenters. The molecule has 0 bridgehead atoms. The molecule has 7 aromatic rings. The molecule has 246 valence electrons. The van der Waals surface area contributed by atoms with E-state index in [9.17, 15) is 0 Å². The Morgan fingerprint density at radius 2 is 1.18 bits per heavy atom. The van der Waals surface area contributed by atoms with Gasteiger partial charge in [-0.3, -0.25) is 4.90 Å². The molecule has 0 unspecified atom stereocenters. The van der Waals surface area contributed by atoms with Gasteiger partial charge in [0.15, 0.2) is 0 Å². The van der Waals surface area contributed by atoms with Gasteiger partial charge in [0.1, 0.15) is 11.2 Å². The number of rotatable bonds is 1. The second-order valence-corrected chi connectivity index (χ2v) is 17.0. The van der Waals surface area contributed by atoms with Gasteiger partial charge in [-0.05, 0) is 81.0 Å². The van der Waals surface area contributed by atoms with Crippen molar-refractivity contribution in [2.24, 2.45) is 0 Å². The van der Waals surface area contributed by atoms with E-state index in [1.54, 1.807) is 0 Å².